The lowest BCUT2D eigenvalue weighted by molar-refractivity contribution is -0.274. The first-order valence-corrected chi connectivity index (χ1v) is 13.9. The van der Waals surface area contributed by atoms with Crippen molar-refractivity contribution in [2.75, 3.05) is 44.5 Å². The molecule has 1 aromatic heterocycles. The van der Waals surface area contributed by atoms with Crippen molar-refractivity contribution >= 4 is 38.2 Å². The Morgan fingerprint density at radius 3 is 2.52 bits per heavy atom. The second-order valence-electron chi connectivity index (χ2n) is 8.98. The maximum absolute atomic E-state index is 13.3. The molecule has 4 rings (SSSR count). The molecule has 2 aromatic carbocycles. The van der Waals surface area contributed by atoms with Gasteiger partial charge in [0.25, 0.3) is 15.9 Å². The lowest BCUT2D eigenvalue weighted by Gasteiger charge is -2.34. The van der Waals surface area contributed by atoms with E-state index in [4.69, 9.17) is 0 Å². The van der Waals surface area contributed by atoms with Crippen LogP contribution >= 0.6 is 0 Å². The van der Waals surface area contributed by atoms with Gasteiger partial charge in [0.1, 0.15) is 4.90 Å². The summed E-state index contributed by atoms with van der Waals surface area (Å²) in [5.74, 6) is -1.33. The monoisotopic (exact) mass is 575 g/mol. The topological polar surface area (TPSA) is 104 Å². The molecule has 0 atom stereocenters. The minimum Gasteiger partial charge on any atom is -0.404 e. The van der Waals surface area contributed by atoms with Crippen molar-refractivity contribution in [2.45, 2.75) is 18.2 Å². The van der Waals surface area contributed by atoms with E-state index in [9.17, 15) is 26.4 Å². The summed E-state index contributed by atoms with van der Waals surface area (Å²) in [6, 6.07) is 11.0. The highest BCUT2D eigenvalue weighted by atomic mass is 32.2. The number of sulfonamides is 1. The molecule has 1 amide bonds. The summed E-state index contributed by atoms with van der Waals surface area (Å²) in [5, 5.41) is 0.540. The van der Waals surface area contributed by atoms with Crippen molar-refractivity contribution in [1.29, 1.82) is 0 Å². The Labute approximate surface area is 230 Å². The minimum absolute atomic E-state index is 0.0628. The maximum atomic E-state index is 13.3. The fourth-order valence-electron chi connectivity index (χ4n) is 4.35. The van der Waals surface area contributed by atoms with Crippen molar-refractivity contribution in [2.24, 2.45) is 4.99 Å². The van der Waals surface area contributed by atoms with Crippen LogP contribution in [0.4, 0.5) is 18.9 Å². The molecular formula is C27H28F3N5O4S. The Hall–Kier alpha value is -3.97. The second-order valence-corrected chi connectivity index (χ2v) is 10.6. The van der Waals surface area contributed by atoms with Crippen LogP contribution in [0.15, 0.2) is 76.8 Å². The van der Waals surface area contributed by atoms with Gasteiger partial charge in [-0.1, -0.05) is 24.3 Å². The molecule has 0 spiro atoms. The van der Waals surface area contributed by atoms with Gasteiger partial charge < -0.3 is 9.64 Å². The van der Waals surface area contributed by atoms with Crippen molar-refractivity contribution in [3.63, 3.8) is 0 Å². The van der Waals surface area contributed by atoms with Gasteiger partial charge in [0, 0.05) is 62.6 Å². The number of halogens is 3. The number of anilines is 1. The normalized spacial score (nSPS) is 15.5. The fraction of sp³-hybridized carbons (Fsp3) is 0.296. The molecule has 13 heteroatoms. The molecule has 3 aromatic rings. The molecule has 0 aliphatic carbocycles. The number of nitrogens with one attached hydrogen (secondary N) is 1. The molecule has 1 N–H and O–H groups in total. The molecule has 0 unspecified atom stereocenters. The molecule has 40 heavy (non-hydrogen) atoms. The first-order valence-electron chi connectivity index (χ1n) is 12.4. The first-order chi connectivity index (χ1) is 19.0. The number of fused-ring (bicyclic) bond motifs is 1. The fourth-order valence-corrected chi connectivity index (χ4v) is 5.60. The number of rotatable bonds is 8. The van der Waals surface area contributed by atoms with E-state index in [0.717, 1.165) is 17.8 Å². The van der Waals surface area contributed by atoms with Gasteiger partial charge >= 0.3 is 6.36 Å². The number of benzene rings is 2. The molecule has 0 radical (unpaired) electrons. The highest BCUT2D eigenvalue weighted by Crippen LogP contribution is 2.34. The van der Waals surface area contributed by atoms with Gasteiger partial charge in [-0.3, -0.25) is 24.4 Å². The Morgan fingerprint density at radius 2 is 1.85 bits per heavy atom. The number of hydrogen-bond donors (Lipinski definition) is 1. The van der Waals surface area contributed by atoms with Crippen LogP contribution in [0.5, 0.6) is 5.75 Å². The van der Waals surface area contributed by atoms with E-state index < -0.39 is 33.7 Å². The van der Waals surface area contributed by atoms with E-state index in [-0.39, 0.29) is 16.0 Å². The summed E-state index contributed by atoms with van der Waals surface area (Å²) in [6.07, 6.45) is 0.0932. The van der Waals surface area contributed by atoms with Gasteiger partial charge in [0.05, 0.1) is 11.2 Å². The second kappa shape index (κ2) is 12.0. The van der Waals surface area contributed by atoms with Gasteiger partial charge in [-0.25, -0.2) is 8.42 Å². The molecule has 2 heterocycles. The predicted octanol–water partition coefficient (Wildman–Crippen LogP) is 4.34. The average molecular weight is 576 g/mol. The Morgan fingerprint density at radius 1 is 1.12 bits per heavy atom. The number of alkyl halides is 3. The van der Waals surface area contributed by atoms with E-state index in [0.29, 0.717) is 38.1 Å². The van der Waals surface area contributed by atoms with Crippen molar-refractivity contribution in [3.8, 4) is 5.75 Å². The Balaban J connectivity index is 1.56. The summed E-state index contributed by atoms with van der Waals surface area (Å²) in [6.45, 7) is 4.37. The van der Waals surface area contributed by atoms with Gasteiger partial charge in [-0.2, -0.15) is 0 Å². The van der Waals surface area contributed by atoms with Crippen LogP contribution in [0, 0.1) is 0 Å². The van der Waals surface area contributed by atoms with Gasteiger partial charge in [-0.05, 0) is 43.3 Å². The zero-order valence-electron chi connectivity index (χ0n) is 21.9. The van der Waals surface area contributed by atoms with Gasteiger partial charge in [0.15, 0.2) is 5.75 Å². The van der Waals surface area contributed by atoms with Crippen LogP contribution in [-0.2, 0) is 10.0 Å². The van der Waals surface area contributed by atoms with Crippen LogP contribution < -0.4 is 9.46 Å². The van der Waals surface area contributed by atoms with E-state index in [2.05, 4.69) is 24.3 Å². The van der Waals surface area contributed by atoms with Crippen LogP contribution in [0.25, 0.3) is 10.9 Å². The van der Waals surface area contributed by atoms with E-state index in [1.54, 1.807) is 25.2 Å². The van der Waals surface area contributed by atoms with Crippen molar-refractivity contribution in [3.05, 3.63) is 72.4 Å². The number of carbonyl (C=O) groups excluding carboxylic acids is 1. The number of carbonyl (C=O) groups is 1. The third-order valence-corrected chi connectivity index (χ3v) is 7.67. The Kier molecular flexibility index (Phi) is 8.74. The number of allylic oxidation sites excluding steroid dienone is 1. The number of nitrogens with zero attached hydrogens (tertiary/aromatic N) is 4. The van der Waals surface area contributed by atoms with Crippen molar-refractivity contribution in [1.82, 2.24) is 14.8 Å². The number of pyridine rings is 1. The zero-order chi connectivity index (χ0) is 28.9. The van der Waals surface area contributed by atoms with Crippen LogP contribution in [0.2, 0.25) is 0 Å². The number of piperazine rings is 1. The molecule has 0 bridgehead atoms. The zero-order valence-corrected chi connectivity index (χ0v) is 22.7. The molecule has 1 saturated heterocycles. The quantitative estimate of drug-likeness (QED) is 0.401. The smallest absolute Gasteiger partial charge is 0.404 e. The molecule has 9 nitrogen and oxygen atoms in total. The standard InChI is InChI=1S/C27H28F3N5O4S/c1-3-6-21(31-2)18-34-13-15-35(16-14-34)26(36)20-10-11-22(23(17-20)39-27(28,29)30)33-40(37,38)24-9-4-7-19-8-5-12-32-25(19)24/h3-12,17,33H,13-16,18H2,1-2H3/b6-3-,31-21?. The highest BCUT2D eigenvalue weighted by Gasteiger charge is 2.34. The van der Waals surface area contributed by atoms with E-state index in [1.807, 2.05) is 19.1 Å². The van der Waals surface area contributed by atoms with E-state index in [1.165, 1.54) is 29.3 Å². The third-order valence-electron chi connectivity index (χ3n) is 6.28. The highest BCUT2D eigenvalue weighted by molar-refractivity contribution is 7.93. The summed E-state index contributed by atoms with van der Waals surface area (Å²) >= 11 is 0. The molecule has 0 saturated carbocycles. The number of amides is 1. The SMILES string of the molecule is C/C=C\C(CN1CCN(C(=O)c2ccc(NS(=O)(=O)c3cccc4cccnc34)c(OC(F)(F)F)c2)CC1)=NC. The largest absolute Gasteiger partial charge is 0.573 e. The number of para-hydroxylation sites is 1. The average Bonchev–Trinajstić information content (AvgIpc) is 2.92. The number of ether oxygens (including phenoxy) is 1. The van der Waals surface area contributed by atoms with Crippen molar-refractivity contribution < 1.29 is 31.1 Å². The lowest BCUT2D eigenvalue weighted by Crippen LogP contribution is -2.49. The summed E-state index contributed by atoms with van der Waals surface area (Å²) < 4.78 is 72.5. The van der Waals surface area contributed by atoms with Gasteiger partial charge in [0.2, 0.25) is 0 Å². The van der Waals surface area contributed by atoms with Gasteiger partial charge in [-0.15, -0.1) is 13.2 Å². The number of aromatic nitrogens is 1. The number of hydrogen-bond acceptors (Lipinski definition) is 7. The molecular weight excluding hydrogens is 547 g/mol. The lowest BCUT2D eigenvalue weighted by atomic mass is 10.1. The minimum atomic E-state index is -5.13. The molecule has 1 aliphatic rings. The molecule has 212 valence electrons. The van der Waals surface area contributed by atoms with Crippen LogP contribution in [0.1, 0.15) is 17.3 Å². The molecule has 1 fully saturated rings. The van der Waals surface area contributed by atoms with Crippen LogP contribution in [-0.4, -0.2) is 81.0 Å². The summed E-state index contributed by atoms with van der Waals surface area (Å²) in [7, 11) is -2.66. The maximum Gasteiger partial charge on any atom is 0.573 e. The number of aliphatic imine (C=N–C) groups is 1. The first kappa shape index (κ1) is 29.0. The summed E-state index contributed by atoms with van der Waals surface area (Å²) in [4.78, 5) is 24.9. The summed E-state index contributed by atoms with van der Waals surface area (Å²) in [5.41, 5.74) is 0.521. The van der Waals surface area contributed by atoms with E-state index >= 15 is 0 Å². The predicted molar refractivity (Wildman–Crippen MR) is 146 cm³/mol. The Bertz CT molecular complexity index is 1540. The molecule has 1 aliphatic heterocycles. The van der Waals surface area contributed by atoms with Crippen LogP contribution in [0.3, 0.4) is 0 Å². The third kappa shape index (κ3) is 6.96.